The molecule has 0 rings (SSSR count). The minimum Gasteiger partial charge on any atom is -0.481 e. The van der Waals surface area contributed by atoms with E-state index >= 15 is 0 Å². The fourth-order valence-corrected chi connectivity index (χ4v) is 2.06. The van der Waals surface area contributed by atoms with Crippen LogP contribution in [-0.2, 0) is 9.68 Å². The van der Waals surface area contributed by atoms with Crippen LogP contribution in [0, 0.1) is 0 Å². The molecule has 0 spiro atoms. The zero-order chi connectivity index (χ0) is 13.6. The Labute approximate surface area is 110 Å². The van der Waals surface area contributed by atoms with E-state index in [9.17, 15) is 4.79 Å². The number of rotatable bonds is 13. The van der Waals surface area contributed by atoms with Gasteiger partial charge in [-0.2, -0.15) is 0 Å². The van der Waals surface area contributed by atoms with Gasteiger partial charge in [-0.3, -0.25) is 10.1 Å². The molecule has 0 saturated heterocycles. The van der Waals surface area contributed by atoms with Crippen molar-refractivity contribution in [2.75, 3.05) is 0 Å². The molecule has 0 radical (unpaired) electrons. The van der Waals surface area contributed by atoms with Crippen LogP contribution >= 0.6 is 0 Å². The smallest absolute Gasteiger partial charge is 0.303 e. The molecule has 0 bridgehead atoms. The molecule has 0 aromatic carbocycles. The second-order valence-corrected chi connectivity index (χ2v) is 4.92. The second-order valence-electron chi connectivity index (χ2n) is 4.92. The van der Waals surface area contributed by atoms with Gasteiger partial charge in [0.2, 0.25) is 0 Å². The number of carbonyl (C=O) groups is 1. The summed E-state index contributed by atoms with van der Waals surface area (Å²) in [5.74, 6) is -0.789. The summed E-state index contributed by atoms with van der Waals surface area (Å²) in [5.41, 5.74) is 0. The van der Waals surface area contributed by atoms with Crippen LogP contribution in [0.4, 0.5) is 0 Å². The molecule has 4 heteroatoms. The Morgan fingerprint density at radius 1 is 1.00 bits per heavy atom. The maximum Gasteiger partial charge on any atom is 0.303 e. The van der Waals surface area contributed by atoms with Crippen LogP contribution < -0.4 is 0 Å². The van der Waals surface area contributed by atoms with Gasteiger partial charge in [0.25, 0.3) is 0 Å². The molecule has 4 nitrogen and oxygen atoms in total. The highest BCUT2D eigenvalue weighted by Crippen LogP contribution is 2.14. The van der Waals surface area contributed by atoms with Gasteiger partial charge in [-0.25, -0.2) is 4.89 Å². The summed E-state index contributed by atoms with van der Waals surface area (Å²) in [6.07, 6.45) is 10.6. The van der Waals surface area contributed by atoms with Gasteiger partial charge in [0.1, 0.15) is 0 Å². The first kappa shape index (κ1) is 17.4. The largest absolute Gasteiger partial charge is 0.481 e. The third-order valence-electron chi connectivity index (χ3n) is 3.20. The average Bonchev–Trinajstić information content (AvgIpc) is 2.35. The molecule has 0 heterocycles. The summed E-state index contributed by atoms with van der Waals surface area (Å²) in [6.45, 7) is 2.21. The fourth-order valence-electron chi connectivity index (χ4n) is 2.06. The van der Waals surface area contributed by atoms with Crippen LogP contribution in [0.15, 0.2) is 0 Å². The van der Waals surface area contributed by atoms with E-state index in [2.05, 4.69) is 11.8 Å². The molecule has 0 aliphatic rings. The van der Waals surface area contributed by atoms with Crippen LogP contribution in [0.3, 0.4) is 0 Å². The number of unbranched alkanes of at least 4 members (excludes halogenated alkanes) is 6. The third kappa shape index (κ3) is 11.9. The van der Waals surface area contributed by atoms with Gasteiger partial charge < -0.3 is 5.11 Å². The van der Waals surface area contributed by atoms with Gasteiger partial charge in [-0.05, 0) is 19.3 Å². The number of hydrogen-bond donors (Lipinski definition) is 2. The molecular weight excluding hydrogens is 232 g/mol. The average molecular weight is 260 g/mol. The van der Waals surface area contributed by atoms with E-state index in [0.717, 1.165) is 12.8 Å². The molecule has 1 unspecified atom stereocenters. The predicted molar refractivity (Wildman–Crippen MR) is 71.6 cm³/mol. The first-order chi connectivity index (χ1) is 8.70. The highest BCUT2D eigenvalue weighted by Gasteiger charge is 2.09. The van der Waals surface area contributed by atoms with E-state index < -0.39 is 5.97 Å². The molecule has 2 N–H and O–H groups in total. The predicted octanol–water partition coefficient (Wildman–Crippen LogP) is 4.24. The number of carboxylic acid groups (broad SMARTS) is 1. The van der Waals surface area contributed by atoms with Crippen LogP contribution in [0.25, 0.3) is 0 Å². The first-order valence-corrected chi connectivity index (χ1v) is 7.22. The lowest BCUT2D eigenvalue weighted by molar-refractivity contribution is -0.281. The molecule has 0 aliphatic carbocycles. The van der Waals surface area contributed by atoms with Crippen molar-refractivity contribution < 1.29 is 20.0 Å². The van der Waals surface area contributed by atoms with Crippen LogP contribution in [0.1, 0.15) is 77.6 Å². The van der Waals surface area contributed by atoms with Crippen molar-refractivity contribution in [2.45, 2.75) is 83.7 Å². The number of aliphatic carboxylic acids is 1. The topological polar surface area (TPSA) is 66.8 Å². The molecule has 108 valence electrons. The standard InChI is InChI=1S/C14H28O4/c1-2-3-4-5-6-7-8-10-13(18-17)11-9-12-14(15)16/h13,17H,2-12H2,1H3,(H,15,16). The van der Waals surface area contributed by atoms with Crippen molar-refractivity contribution in [3.05, 3.63) is 0 Å². The lowest BCUT2D eigenvalue weighted by Crippen LogP contribution is -2.11. The molecule has 0 aromatic rings. The molecular formula is C14H28O4. The van der Waals surface area contributed by atoms with Crippen LogP contribution in [-0.4, -0.2) is 22.4 Å². The molecule has 0 fully saturated rings. The molecule has 0 aromatic heterocycles. The summed E-state index contributed by atoms with van der Waals surface area (Å²) >= 11 is 0. The van der Waals surface area contributed by atoms with Gasteiger partial charge in [-0.1, -0.05) is 51.9 Å². The van der Waals surface area contributed by atoms with Crippen molar-refractivity contribution in [1.29, 1.82) is 0 Å². The van der Waals surface area contributed by atoms with Crippen LogP contribution in [0.2, 0.25) is 0 Å². The molecule has 1 atom stereocenters. The summed E-state index contributed by atoms with van der Waals surface area (Å²) in [5, 5.41) is 17.2. The second kappa shape index (κ2) is 12.8. The van der Waals surface area contributed by atoms with Crippen molar-refractivity contribution in [3.8, 4) is 0 Å². The van der Waals surface area contributed by atoms with Crippen molar-refractivity contribution in [2.24, 2.45) is 0 Å². The minimum atomic E-state index is -0.789. The fraction of sp³-hybridized carbons (Fsp3) is 0.929. The first-order valence-electron chi connectivity index (χ1n) is 7.22. The van der Waals surface area contributed by atoms with Crippen molar-refractivity contribution in [3.63, 3.8) is 0 Å². The monoisotopic (exact) mass is 260 g/mol. The Bertz CT molecular complexity index is 194. The minimum absolute atomic E-state index is 0.150. The van der Waals surface area contributed by atoms with E-state index in [1.165, 1.54) is 38.5 Å². The van der Waals surface area contributed by atoms with Crippen LogP contribution in [0.5, 0.6) is 0 Å². The third-order valence-corrected chi connectivity index (χ3v) is 3.20. The highest BCUT2D eigenvalue weighted by atomic mass is 17.1. The summed E-state index contributed by atoms with van der Waals surface area (Å²) in [7, 11) is 0. The van der Waals surface area contributed by atoms with E-state index in [-0.39, 0.29) is 12.5 Å². The van der Waals surface area contributed by atoms with Gasteiger partial charge in [0, 0.05) is 6.42 Å². The molecule has 0 saturated carbocycles. The lowest BCUT2D eigenvalue weighted by atomic mass is 10.0. The Morgan fingerprint density at radius 3 is 2.11 bits per heavy atom. The number of carboxylic acids is 1. The molecule has 0 amide bonds. The van der Waals surface area contributed by atoms with E-state index in [1.54, 1.807) is 0 Å². The molecule has 18 heavy (non-hydrogen) atoms. The van der Waals surface area contributed by atoms with Gasteiger partial charge >= 0.3 is 5.97 Å². The highest BCUT2D eigenvalue weighted by molar-refractivity contribution is 5.66. The zero-order valence-corrected chi connectivity index (χ0v) is 11.6. The lowest BCUT2D eigenvalue weighted by Gasteiger charge is -2.12. The van der Waals surface area contributed by atoms with Crippen molar-refractivity contribution >= 4 is 5.97 Å². The summed E-state index contributed by atoms with van der Waals surface area (Å²) in [6, 6.07) is 0. The normalized spacial score (nSPS) is 12.6. The van der Waals surface area contributed by atoms with Gasteiger partial charge in [0.05, 0.1) is 6.10 Å². The summed E-state index contributed by atoms with van der Waals surface area (Å²) in [4.78, 5) is 14.7. The Kier molecular flexibility index (Phi) is 12.4. The van der Waals surface area contributed by atoms with E-state index in [0.29, 0.717) is 12.8 Å². The van der Waals surface area contributed by atoms with E-state index in [1.807, 2.05) is 0 Å². The van der Waals surface area contributed by atoms with Gasteiger partial charge in [0.15, 0.2) is 0 Å². The Morgan fingerprint density at radius 2 is 1.56 bits per heavy atom. The zero-order valence-electron chi connectivity index (χ0n) is 11.6. The number of hydrogen-bond acceptors (Lipinski definition) is 3. The maximum absolute atomic E-state index is 10.4. The summed E-state index contributed by atoms with van der Waals surface area (Å²) < 4.78 is 0. The maximum atomic E-state index is 10.4. The van der Waals surface area contributed by atoms with E-state index in [4.69, 9.17) is 10.4 Å². The Hall–Kier alpha value is -0.610. The van der Waals surface area contributed by atoms with Crippen molar-refractivity contribution in [1.82, 2.24) is 0 Å². The molecule has 0 aliphatic heterocycles. The SMILES string of the molecule is CCCCCCCCCC(CCCC(=O)O)OO. The van der Waals surface area contributed by atoms with Gasteiger partial charge in [-0.15, -0.1) is 0 Å². The quantitative estimate of drug-likeness (QED) is 0.295. The Balaban J connectivity index is 3.35.